The van der Waals surface area contributed by atoms with Gasteiger partial charge in [0.25, 0.3) is 0 Å². The van der Waals surface area contributed by atoms with Gasteiger partial charge in [-0.15, -0.1) is 11.3 Å². The minimum Gasteiger partial charge on any atom is -0.456 e. The molecule has 0 bridgehead atoms. The maximum Gasteiger partial charge on any atom is 0.333 e. The zero-order valence-electron chi connectivity index (χ0n) is 35.2. The van der Waals surface area contributed by atoms with E-state index < -0.39 is 0 Å². The highest BCUT2D eigenvalue weighted by molar-refractivity contribution is 7.21. The lowest BCUT2D eigenvalue weighted by molar-refractivity contribution is 0.590. The molecule has 6 heteroatoms. The van der Waals surface area contributed by atoms with Gasteiger partial charge in [-0.1, -0.05) is 132 Å². The van der Waals surface area contributed by atoms with Gasteiger partial charge in [-0.3, -0.25) is 0 Å². The number of furan rings is 1. The molecule has 8 aromatic carbocycles. The number of aromatic nitrogens is 2. The fourth-order valence-electron chi connectivity index (χ4n) is 11.3. The molecule has 0 amide bonds. The molecule has 3 aliphatic rings. The minimum absolute atomic E-state index is 0.0272. The van der Waals surface area contributed by atoms with Crippen LogP contribution in [-0.2, 0) is 10.8 Å². The summed E-state index contributed by atoms with van der Waals surface area (Å²) in [5.74, 6) is 0. The molecule has 0 atom stereocenters. The van der Waals surface area contributed by atoms with Crippen molar-refractivity contribution in [2.24, 2.45) is 0 Å². The van der Waals surface area contributed by atoms with Gasteiger partial charge in [0.15, 0.2) is 0 Å². The van der Waals surface area contributed by atoms with Gasteiger partial charge in [0.2, 0.25) is 0 Å². The maximum absolute atomic E-state index is 6.63. The number of benzene rings is 8. The fraction of sp³-hybridized carbons (Fsp3) is 0.125. The van der Waals surface area contributed by atoms with E-state index >= 15 is 0 Å². The van der Waals surface area contributed by atoms with Crippen LogP contribution in [-0.4, -0.2) is 16.4 Å². The summed E-state index contributed by atoms with van der Waals surface area (Å²) >= 11 is 1.78. The molecule has 0 radical (unpaired) electrons. The molecule has 1 aliphatic carbocycles. The van der Waals surface area contributed by atoms with Crippen LogP contribution in [0.25, 0.3) is 92.5 Å². The van der Waals surface area contributed by atoms with E-state index in [0.717, 1.165) is 43.7 Å². The lowest BCUT2D eigenvalue weighted by Crippen LogP contribution is -2.60. The number of hydrogen-bond acceptors (Lipinski definition) is 4. The first-order valence-electron chi connectivity index (χ1n) is 21.7. The van der Waals surface area contributed by atoms with Crippen molar-refractivity contribution in [2.45, 2.75) is 45.4 Å². The van der Waals surface area contributed by atoms with Crippen LogP contribution in [0.5, 0.6) is 0 Å². The maximum atomic E-state index is 6.63. The van der Waals surface area contributed by atoms with Crippen LogP contribution in [0.1, 0.15) is 51.3 Å². The third kappa shape index (κ3) is 4.45. The first-order chi connectivity index (χ1) is 30.1. The predicted molar refractivity (Wildman–Crippen MR) is 262 cm³/mol. The Balaban J connectivity index is 1.14. The van der Waals surface area contributed by atoms with Crippen LogP contribution >= 0.6 is 11.3 Å². The van der Waals surface area contributed by atoms with Crippen molar-refractivity contribution in [3.8, 4) is 38.5 Å². The second kappa shape index (κ2) is 11.7. The van der Waals surface area contributed by atoms with Crippen LogP contribution < -0.4 is 15.7 Å². The van der Waals surface area contributed by atoms with Crippen molar-refractivity contribution in [1.82, 2.24) is 9.55 Å². The van der Waals surface area contributed by atoms with Crippen molar-refractivity contribution in [3.05, 3.63) is 168 Å². The molecule has 2 aliphatic heterocycles. The van der Waals surface area contributed by atoms with Gasteiger partial charge in [0.1, 0.15) is 16.2 Å². The molecular weight excluding hydrogens is 774 g/mol. The molecule has 0 saturated carbocycles. The molecule has 14 rings (SSSR count). The summed E-state index contributed by atoms with van der Waals surface area (Å²) in [6.45, 7) is 11.5. The van der Waals surface area contributed by atoms with Gasteiger partial charge in [-0.05, 0) is 104 Å². The second-order valence-corrected chi connectivity index (χ2v) is 20.2. The Kier molecular flexibility index (Phi) is 6.58. The van der Waals surface area contributed by atoms with Crippen LogP contribution in [0, 0.1) is 0 Å². The van der Waals surface area contributed by atoms with E-state index in [9.17, 15) is 0 Å². The summed E-state index contributed by atoms with van der Waals surface area (Å²) in [6.07, 6.45) is 0. The van der Waals surface area contributed by atoms with Crippen LogP contribution in [0.2, 0.25) is 0 Å². The zero-order chi connectivity index (χ0) is 41.4. The quantitative estimate of drug-likeness (QED) is 0.163. The molecule has 3 aromatic heterocycles. The smallest absolute Gasteiger partial charge is 0.333 e. The molecule has 0 saturated heterocycles. The third-order valence-electron chi connectivity index (χ3n) is 14.4. The van der Waals surface area contributed by atoms with Crippen molar-refractivity contribution in [1.29, 1.82) is 0 Å². The number of nitrogens with zero attached hydrogens (tertiary/aromatic N) is 3. The van der Waals surface area contributed by atoms with Crippen molar-refractivity contribution in [2.75, 3.05) is 4.81 Å². The number of fused-ring (bicyclic) bond motifs is 15. The Morgan fingerprint density at radius 2 is 1.40 bits per heavy atom. The molecule has 0 N–H and O–H groups in total. The van der Waals surface area contributed by atoms with Crippen molar-refractivity contribution < 1.29 is 4.42 Å². The van der Waals surface area contributed by atoms with E-state index in [4.69, 9.17) is 9.40 Å². The summed E-state index contributed by atoms with van der Waals surface area (Å²) in [5.41, 5.74) is 21.8. The Morgan fingerprint density at radius 1 is 0.613 bits per heavy atom. The summed E-state index contributed by atoms with van der Waals surface area (Å²) in [5, 5.41) is 5.88. The normalized spacial score (nSPS) is 14.6. The topological polar surface area (TPSA) is 34.2 Å². The first kappa shape index (κ1) is 34.8. The fourth-order valence-corrected chi connectivity index (χ4v) is 12.3. The summed E-state index contributed by atoms with van der Waals surface area (Å²) in [6, 6.07) is 56.8. The van der Waals surface area contributed by atoms with Gasteiger partial charge in [-0.25, -0.2) is 4.98 Å². The van der Waals surface area contributed by atoms with Gasteiger partial charge in [-0.2, -0.15) is 0 Å². The zero-order valence-corrected chi connectivity index (χ0v) is 36.0. The summed E-state index contributed by atoms with van der Waals surface area (Å²) in [4.78, 5) is 8.00. The standard InChI is InChI=1S/C56H40BN3OS/c1-55(2,3)32-19-21-33(22-20-32)60-47-27-41-35-16-10-12-18-49(35)61-50(41)28-40(47)36-23-24-37-39-25-43-38(34-15-9-11-17-42(34)56(43,4)5)26-46(39)59-48-30-51-45(29-44(48)57(60)52(36)53(37)59)58-54(62-51)31-13-7-6-8-14-31/h6-30H,1-5H3. The Morgan fingerprint density at radius 3 is 2.24 bits per heavy atom. The monoisotopic (exact) mass is 813 g/mol. The molecule has 62 heavy (non-hydrogen) atoms. The summed E-state index contributed by atoms with van der Waals surface area (Å²) in [7, 11) is 0. The van der Waals surface area contributed by atoms with Gasteiger partial charge >= 0.3 is 6.85 Å². The van der Waals surface area contributed by atoms with Crippen LogP contribution in [0.4, 0.5) is 11.4 Å². The first-order valence-corrected chi connectivity index (χ1v) is 22.5. The van der Waals surface area contributed by atoms with Crippen LogP contribution in [0.15, 0.2) is 156 Å². The molecule has 0 spiro atoms. The third-order valence-corrected chi connectivity index (χ3v) is 15.4. The molecule has 11 aromatic rings. The number of hydrogen-bond donors (Lipinski definition) is 0. The number of rotatable bonds is 2. The largest absolute Gasteiger partial charge is 0.456 e. The van der Waals surface area contributed by atoms with Gasteiger partial charge < -0.3 is 13.8 Å². The highest BCUT2D eigenvalue weighted by Gasteiger charge is 2.45. The Bertz CT molecular complexity index is 3770. The SMILES string of the molecule is CC(C)(C)c1ccc(N2B3c4cc5nc(-c6ccccc6)sc5cc4-n4c5cc6c(cc5c5ccc(c3c54)-c3cc4oc5ccccc5c4cc32)C(C)(C)c2ccccc2-6)cc1. The van der Waals surface area contributed by atoms with Crippen molar-refractivity contribution >= 4 is 94.4 Å². The average Bonchev–Trinajstić information content (AvgIpc) is 4.02. The van der Waals surface area contributed by atoms with E-state index in [-0.39, 0.29) is 17.7 Å². The van der Waals surface area contributed by atoms with Gasteiger partial charge in [0.05, 0.1) is 21.3 Å². The molecule has 0 fully saturated rings. The molecule has 5 heterocycles. The average molecular weight is 814 g/mol. The number of thiazole rings is 1. The second-order valence-electron chi connectivity index (χ2n) is 19.1. The molecular formula is C56H40BN3OS. The Labute approximate surface area is 363 Å². The highest BCUT2D eigenvalue weighted by Crippen LogP contribution is 2.53. The number of para-hydroxylation sites is 1. The minimum atomic E-state index is -0.126. The van der Waals surface area contributed by atoms with Crippen molar-refractivity contribution in [3.63, 3.8) is 0 Å². The van der Waals surface area contributed by atoms with E-state index in [1.807, 2.05) is 0 Å². The Hall–Kier alpha value is -6.89. The lowest BCUT2D eigenvalue weighted by Gasteiger charge is -2.42. The lowest BCUT2D eigenvalue weighted by atomic mass is 9.44. The molecule has 4 nitrogen and oxygen atoms in total. The van der Waals surface area contributed by atoms with E-state index in [2.05, 4.69) is 196 Å². The molecule has 0 unspecified atom stereocenters. The predicted octanol–water partition coefficient (Wildman–Crippen LogP) is 13.8. The number of anilines is 2. The van der Waals surface area contributed by atoms with Crippen LogP contribution in [0.3, 0.4) is 0 Å². The van der Waals surface area contributed by atoms with E-state index in [1.165, 1.54) is 87.8 Å². The highest BCUT2D eigenvalue weighted by atomic mass is 32.1. The summed E-state index contributed by atoms with van der Waals surface area (Å²) < 4.78 is 10.4. The van der Waals surface area contributed by atoms with E-state index in [0.29, 0.717) is 0 Å². The molecule has 294 valence electrons. The van der Waals surface area contributed by atoms with E-state index in [1.54, 1.807) is 11.3 Å². The van der Waals surface area contributed by atoms with Gasteiger partial charge in [0, 0.05) is 55.1 Å².